The molecular formula is C21H18N2O5. The van der Waals surface area contributed by atoms with Gasteiger partial charge < -0.3 is 14.4 Å². The second kappa shape index (κ2) is 6.92. The van der Waals surface area contributed by atoms with E-state index in [1.165, 1.54) is 0 Å². The van der Waals surface area contributed by atoms with E-state index in [1.807, 2.05) is 43.3 Å². The van der Waals surface area contributed by atoms with E-state index in [4.69, 9.17) is 14.4 Å². The van der Waals surface area contributed by atoms with E-state index in [0.29, 0.717) is 12.2 Å². The predicted octanol–water partition coefficient (Wildman–Crippen LogP) is 3.70. The molecule has 0 amide bonds. The average Bonchev–Trinajstić information content (AvgIpc) is 3.38. The third kappa shape index (κ3) is 3.05. The monoisotopic (exact) mass is 378 g/mol. The summed E-state index contributed by atoms with van der Waals surface area (Å²) in [4.78, 5) is 23.4. The lowest BCUT2D eigenvalue weighted by atomic mass is 9.93. The topological polar surface area (TPSA) is 103 Å². The molecule has 1 N–H and O–H groups in total. The molecule has 0 unspecified atom stereocenters. The molecule has 0 saturated heterocycles. The molecule has 1 aliphatic rings. The maximum absolute atomic E-state index is 12.2. The van der Waals surface area contributed by atoms with Crippen molar-refractivity contribution in [3.8, 4) is 22.5 Å². The first-order valence-corrected chi connectivity index (χ1v) is 8.99. The van der Waals surface area contributed by atoms with E-state index in [1.54, 1.807) is 12.1 Å². The molecule has 7 heteroatoms. The SMILES string of the molecule is CCOC(=O)C1(c2ccc(-c3ccc(-c4onnc4C(=O)O)cc3)cc2)CC1. The minimum Gasteiger partial charge on any atom is -0.476 e. The fourth-order valence-corrected chi connectivity index (χ4v) is 3.32. The van der Waals surface area contributed by atoms with Crippen LogP contribution < -0.4 is 0 Å². The number of hydrogen-bond acceptors (Lipinski definition) is 6. The van der Waals surface area contributed by atoms with Crippen LogP contribution in [-0.2, 0) is 14.9 Å². The van der Waals surface area contributed by atoms with Crippen molar-refractivity contribution in [2.75, 3.05) is 6.61 Å². The number of hydrogen-bond donors (Lipinski definition) is 1. The van der Waals surface area contributed by atoms with Crippen LogP contribution in [0.25, 0.3) is 22.5 Å². The van der Waals surface area contributed by atoms with Crippen molar-refractivity contribution in [3.05, 3.63) is 59.8 Å². The Morgan fingerprint density at radius 1 is 1.04 bits per heavy atom. The molecule has 4 rings (SSSR count). The van der Waals surface area contributed by atoms with E-state index in [9.17, 15) is 9.59 Å². The van der Waals surface area contributed by atoms with Crippen LogP contribution >= 0.6 is 0 Å². The molecule has 1 saturated carbocycles. The molecular weight excluding hydrogens is 360 g/mol. The molecule has 0 bridgehead atoms. The summed E-state index contributed by atoms with van der Waals surface area (Å²) in [5.74, 6) is -1.21. The molecule has 2 aromatic carbocycles. The number of carbonyl (C=O) groups excluding carboxylic acids is 1. The van der Waals surface area contributed by atoms with Gasteiger partial charge in [-0.15, -0.1) is 5.10 Å². The standard InChI is InChI=1S/C21H18N2O5/c1-2-27-20(26)21(11-12-21)16-9-7-14(8-10-16)13-3-5-15(6-4-13)18-17(19(24)25)22-23-28-18/h3-10H,2,11-12H2,1H3,(H,24,25). The van der Waals surface area contributed by atoms with Gasteiger partial charge in [0.25, 0.3) is 0 Å². The first-order chi connectivity index (χ1) is 13.5. The van der Waals surface area contributed by atoms with Crippen LogP contribution in [0.5, 0.6) is 0 Å². The lowest BCUT2D eigenvalue weighted by Gasteiger charge is -2.14. The third-order valence-corrected chi connectivity index (χ3v) is 5.02. The second-order valence-corrected chi connectivity index (χ2v) is 6.71. The number of ether oxygens (including phenoxy) is 1. The van der Waals surface area contributed by atoms with Gasteiger partial charge in [-0.1, -0.05) is 48.5 Å². The van der Waals surface area contributed by atoms with Gasteiger partial charge >= 0.3 is 11.9 Å². The maximum Gasteiger partial charge on any atom is 0.360 e. The van der Waals surface area contributed by atoms with Crippen molar-refractivity contribution >= 4 is 11.9 Å². The zero-order valence-electron chi connectivity index (χ0n) is 15.2. The van der Waals surface area contributed by atoms with Gasteiger partial charge in [-0.3, -0.25) is 4.79 Å². The quantitative estimate of drug-likeness (QED) is 0.652. The number of aromatic nitrogens is 2. The molecule has 0 radical (unpaired) electrons. The Bertz CT molecular complexity index is 1020. The first-order valence-electron chi connectivity index (χ1n) is 8.99. The highest BCUT2D eigenvalue weighted by atomic mass is 16.5. The summed E-state index contributed by atoms with van der Waals surface area (Å²) < 4.78 is 10.2. The molecule has 1 aromatic heterocycles. The van der Waals surface area contributed by atoms with Gasteiger partial charge in [0.2, 0.25) is 11.5 Å². The van der Waals surface area contributed by atoms with Crippen molar-refractivity contribution in [2.45, 2.75) is 25.2 Å². The van der Waals surface area contributed by atoms with Crippen molar-refractivity contribution in [3.63, 3.8) is 0 Å². The molecule has 0 spiro atoms. The number of aromatic carboxylic acids is 1. The number of carboxylic acid groups (broad SMARTS) is 1. The lowest BCUT2D eigenvalue weighted by Crippen LogP contribution is -2.23. The van der Waals surface area contributed by atoms with E-state index >= 15 is 0 Å². The molecule has 1 fully saturated rings. The zero-order chi connectivity index (χ0) is 19.7. The Labute approximate surface area is 160 Å². The van der Waals surface area contributed by atoms with Crippen LogP contribution in [0.2, 0.25) is 0 Å². The van der Waals surface area contributed by atoms with Gasteiger partial charge in [0, 0.05) is 10.8 Å². The molecule has 142 valence electrons. The largest absolute Gasteiger partial charge is 0.476 e. The summed E-state index contributed by atoms with van der Waals surface area (Å²) in [7, 11) is 0. The third-order valence-electron chi connectivity index (χ3n) is 5.02. The molecule has 3 aromatic rings. The van der Waals surface area contributed by atoms with Crippen molar-refractivity contribution in [2.24, 2.45) is 0 Å². The smallest absolute Gasteiger partial charge is 0.360 e. The van der Waals surface area contributed by atoms with Gasteiger partial charge in [-0.2, -0.15) is 0 Å². The van der Waals surface area contributed by atoms with E-state index in [0.717, 1.165) is 29.5 Å². The van der Waals surface area contributed by atoms with Crippen LogP contribution in [0.4, 0.5) is 0 Å². The summed E-state index contributed by atoms with van der Waals surface area (Å²) in [6, 6.07) is 15.2. The molecule has 1 aliphatic carbocycles. The van der Waals surface area contributed by atoms with Crippen LogP contribution in [0.3, 0.4) is 0 Å². The fraction of sp³-hybridized carbons (Fsp3) is 0.238. The first kappa shape index (κ1) is 17.9. The predicted molar refractivity (Wildman–Crippen MR) is 99.7 cm³/mol. The molecule has 0 aliphatic heterocycles. The normalized spacial score (nSPS) is 14.5. The molecule has 28 heavy (non-hydrogen) atoms. The van der Waals surface area contributed by atoms with Gasteiger partial charge in [0.1, 0.15) is 0 Å². The van der Waals surface area contributed by atoms with E-state index in [2.05, 4.69) is 10.4 Å². The molecule has 7 nitrogen and oxygen atoms in total. The summed E-state index contributed by atoms with van der Waals surface area (Å²) >= 11 is 0. The van der Waals surface area contributed by atoms with Gasteiger partial charge in [0.15, 0.2) is 0 Å². The number of carboxylic acids is 1. The van der Waals surface area contributed by atoms with Crippen molar-refractivity contribution in [1.82, 2.24) is 10.4 Å². The van der Waals surface area contributed by atoms with Crippen LogP contribution in [0, 0.1) is 0 Å². The van der Waals surface area contributed by atoms with Gasteiger partial charge in [0.05, 0.1) is 12.0 Å². The Kier molecular flexibility index (Phi) is 4.43. The van der Waals surface area contributed by atoms with Gasteiger partial charge in [-0.05, 0) is 36.5 Å². The Balaban J connectivity index is 1.56. The summed E-state index contributed by atoms with van der Waals surface area (Å²) in [6.07, 6.45) is 1.63. The minimum atomic E-state index is -1.19. The highest BCUT2D eigenvalue weighted by Gasteiger charge is 2.52. The van der Waals surface area contributed by atoms with Crippen LogP contribution in [0.15, 0.2) is 53.1 Å². The highest BCUT2D eigenvalue weighted by Crippen LogP contribution is 2.49. The maximum atomic E-state index is 12.2. The minimum absolute atomic E-state index is 0.125. The summed E-state index contributed by atoms with van der Waals surface area (Å²) in [5, 5.41) is 15.9. The Morgan fingerprint density at radius 2 is 1.61 bits per heavy atom. The van der Waals surface area contributed by atoms with Crippen molar-refractivity contribution in [1.29, 1.82) is 0 Å². The Morgan fingerprint density at radius 3 is 2.14 bits per heavy atom. The number of benzene rings is 2. The lowest BCUT2D eigenvalue weighted by molar-refractivity contribution is -0.146. The fourth-order valence-electron chi connectivity index (χ4n) is 3.32. The van der Waals surface area contributed by atoms with Crippen molar-refractivity contribution < 1.29 is 24.0 Å². The summed E-state index contributed by atoms with van der Waals surface area (Å²) in [5.41, 5.74) is 2.81. The molecule has 1 heterocycles. The van der Waals surface area contributed by atoms with Gasteiger partial charge in [-0.25, -0.2) is 4.79 Å². The summed E-state index contributed by atoms with van der Waals surface area (Å²) in [6.45, 7) is 2.20. The van der Waals surface area contributed by atoms with E-state index in [-0.39, 0.29) is 17.4 Å². The van der Waals surface area contributed by atoms with Crippen LogP contribution in [0.1, 0.15) is 35.8 Å². The number of rotatable bonds is 6. The highest BCUT2D eigenvalue weighted by molar-refractivity contribution is 5.92. The average molecular weight is 378 g/mol. The Hall–Kier alpha value is -3.48. The number of carbonyl (C=O) groups is 2. The van der Waals surface area contributed by atoms with Crippen LogP contribution in [-0.4, -0.2) is 34.0 Å². The van der Waals surface area contributed by atoms with E-state index < -0.39 is 11.4 Å². The molecule has 0 atom stereocenters. The number of nitrogens with zero attached hydrogens (tertiary/aromatic N) is 2. The zero-order valence-corrected chi connectivity index (χ0v) is 15.2. The second-order valence-electron chi connectivity index (χ2n) is 6.71. The number of esters is 1.